The summed E-state index contributed by atoms with van der Waals surface area (Å²) in [6.45, 7) is 3.77. The maximum Gasteiger partial charge on any atom is 0.330 e. The fourth-order valence-corrected chi connectivity index (χ4v) is 2.67. The van der Waals surface area contributed by atoms with E-state index in [0.717, 1.165) is 11.1 Å². The Morgan fingerprint density at radius 3 is 2.23 bits per heavy atom. The second-order valence-corrected chi connectivity index (χ2v) is 5.76. The third kappa shape index (κ3) is 3.49. The average Bonchev–Trinajstić information content (AvgIpc) is 2.73. The number of aromatic nitrogens is 1. The summed E-state index contributed by atoms with van der Waals surface area (Å²) in [6.07, 6.45) is 1.59. The highest BCUT2D eigenvalue weighted by atomic mass is 35.5. The van der Waals surface area contributed by atoms with Gasteiger partial charge in [0, 0.05) is 13.2 Å². The SMILES string of the molecule is Cc1cc(C)cc(C(NC(=O)c2cc(Cl)cn2C)C(=O)O)c1. The van der Waals surface area contributed by atoms with Crippen LogP contribution < -0.4 is 5.32 Å². The van der Waals surface area contributed by atoms with Crippen LogP contribution in [0.5, 0.6) is 0 Å². The van der Waals surface area contributed by atoms with Crippen molar-refractivity contribution >= 4 is 23.5 Å². The van der Waals surface area contributed by atoms with E-state index in [1.165, 1.54) is 6.07 Å². The summed E-state index contributed by atoms with van der Waals surface area (Å²) in [5, 5.41) is 12.4. The lowest BCUT2D eigenvalue weighted by Gasteiger charge is -2.16. The van der Waals surface area contributed by atoms with Crippen molar-refractivity contribution < 1.29 is 14.7 Å². The minimum Gasteiger partial charge on any atom is -0.479 e. The third-order valence-electron chi connectivity index (χ3n) is 3.30. The first-order valence-electron chi connectivity index (χ1n) is 6.71. The zero-order valence-corrected chi connectivity index (χ0v) is 13.3. The third-order valence-corrected chi connectivity index (χ3v) is 3.51. The molecule has 6 heteroatoms. The molecule has 0 saturated heterocycles. The second kappa shape index (κ2) is 6.23. The minimum atomic E-state index is -1.11. The second-order valence-electron chi connectivity index (χ2n) is 5.32. The van der Waals surface area contributed by atoms with Gasteiger partial charge in [-0.1, -0.05) is 40.9 Å². The van der Waals surface area contributed by atoms with Crippen LogP contribution in [0.4, 0.5) is 0 Å². The van der Waals surface area contributed by atoms with E-state index in [2.05, 4.69) is 5.32 Å². The molecule has 0 aliphatic heterocycles. The number of halogens is 1. The van der Waals surface area contributed by atoms with Gasteiger partial charge in [0.25, 0.3) is 5.91 Å². The Kier molecular flexibility index (Phi) is 4.56. The molecule has 116 valence electrons. The van der Waals surface area contributed by atoms with Gasteiger partial charge in [-0.2, -0.15) is 0 Å². The van der Waals surface area contributed by atoms with Crippen LogP contribution in [0.15, 0.2) is 30.5 Å². The van der Waals surface area contributed by atoms with E-state index in [1.807, 2.05) is 19.9 Å². The normalized spacial score (nSPS) is 12.0. The van der Waals surface area contributed by atoms with Gasteiger partial charge in [-0.3, -0.25) is 4.79 Å². The molecule has 0 bridgehead atoms. The summed E-state index contributed by atoms with van der Waals surface area (Å²) in [6, 6.07) is 5.84. The molecular formula is C16H17ClN2O3. The Morgan fingerprint density at radius 1 is 1.18 bits per heavy atom. The van der Waals surface area contributed by atoms with E-state index in [0.29, 0.717) is 16.3 Å². The Hall–Kier alpha value is -2.27. The smallest absolute Gasteiger partial charge is 0.330 e. The molecular weight excluding hydrogens is 304 g/mol. The number of aliphatic carboxylic acids is 1. The Labute approximate surface area is 133 Å². The fourth-order valence-electron chi connectivity index (χ4n) is 2.42. The van der Waals surface area contributed by atoms with Crippen LogP contribution >= 0.6 is 11.6 Å². The standard InChI is InChI=1S/C16H17ClN2O3/c1-9-4-10(2)6-11(5-9)14(16(21)22)18-15(20)13-7-12(17)8-19(13)3/h4-8,14H,1-3H3,(H,18,20)(H,21,22). The van der Waals surface area contributed by atoms with Crippen molar-refractivity contribution in [3.8, 4) is 0 Å². The molecule has 1 atom stereocenters. The lowest BCUT2D eigenvalue weighted by atomic mass is 10.0. The van der Waals surface area contributed by atoms with E-state index in [-0.39, 0.29) is 0 Å². The first-order chi connectivity index (χ1) is 10.3. The molecule has 2 aromatic rings. The number of nitrogens with one attached hydrogen (secondary N) is 1. The minimum absolute atomic E-state index is 0.306. The van der Waals surface area contributed by atoms with Crippen LogP contribution in [0.1, 0.15) is 33.2 Å². The van der Waals surface area contributed by atoms with Crippen LogP contribution in [0.3, 0.4) is 0 Å². The van der Waals surface area contributed by atoms with Gasteiger partial charge in [0.2, 0.25) is 0 Å². The Morgan fingerprint density at radius 2 is 1.77 bits per heavy atom. The lowest BCUT2D eigenvalue weighted by Crippen LogP contribution is -2.34. The fraction of sp³-hybridized carbons (Fsp3) is 0.250. The van der Waals surface area contributed by atoms with Crippen molar-refractivity contribution in [3.05, 3.63) is 57.9 Å². The number of carboxylic acid groups (broad SMARTS) is 1. The van der Waals surface area contributed by atoms with Crippen LogP contribution in [0.25, 0.3) is 0 Å². The molecule has 1 amide bonds. The predicted octanol–water partition coefficient (Wildman–Crippen LogP) is 2.85. The summed E-state index contributed by atoms with van der Waals surface area (Å²) in [7, 11) is 1.67. The molecule has 2 N–H and O–H groups in total. The molecule has 22 heavy (non-hydrogen) atoms. The largest absolute Gasteiger partial charge is 0.479 e. The highest BCUT2D eigenvalue weighted by molar-refractivity contribution is 6.31. The number of carboxylic acids is 1. The number of amides is 1. The van der Waals surface area contributed by atoms with Crippen molar-refractivity contribution in [2.75, 3.05) is 0 Å². The zero-order valence-electron chi connectivity index (χ0n) is 12.6. The molecule has 0 aliphatic carbocycles. The van der Waals surface area contributed by atoms with Crippen LogP contribution in [0, 0.1) is 13.8 Å². The van der Waals surface area contributed by atoms with Gasteiger partial charge in [-0.15, -0.1) is 0 Å². The topological polar surface area (TPSA) is 71.3 Å². The van der Waals surface area contributed by atoms with Gasteiger partial charge in [0.1, 0.15) is 5.69 Å². The van der Waals surface area contributed by atoms with Gasteiger partial charge < -0.3 is 15.0 Å². The molecule has 0 fully saturated rings. The van der Waals surface area contributed by atoms with Crippen LogP contribution in [0.2, 0.25) is 5.02 Å². The molecule has 1 aromatic carbocycles. The van der Waals surface area contributed by atoms with E-state index in [1.54, 1.807) is 29.9 Å². The van der Waals surface area contributed by atoms with Gasteiger partial charge in [0.15, 0.2) is 6.04 Å². The van der Waals surface area contributed by atoms with Crippen LogP contribution in [-0.2, 0) is 11.8 Å². The average molecular weight is 321 g/mol. The molecule has 0 saturated carbocycles. The predicted molar refractivity (Wildman–Crippen MR) is 84.2 cm³/mol. The van der Waals surface area contributed by atoms with Crippen molar-refractivity contribution in [1.29, 1.82) is 0 Å². The van der Waals surface area contributed by atoms with E-state index >= 15 is 0 Å². The summed E-state index contributed by atoms with van der Waals surface area (Å²) < 4.78 is 1.55. The lowest BCUT2D eigenvalue weighted by molar-refractivity contribution is -0.139. The molecule has 0 radical (unpaired) electrons. The molecule has 1 unspecified atom stereocenters. The molecule has 0 aliphatic rings. The van der Waals surface area contributed by atoms with E-state index in [4.69, 9.17) is 11.6 Å². The number of nitrogens with zero attached hydrogens (tertiary/aromatic N) is 1. The summed E-state index contributed by atoms with van der Waals surface area (Å²) in [5.41, 5.74) is 2.73. The molecule has 0 spiro atoms. The number of aryl methyl sites for hydroxylation is 3. The van der Waals surface area contributed by atoms with Crippen molar-refractivity contribution in [2.24, 2.45) is 7.05 Å². The van der Waals surface area contributed by atoms with Crippen molar-refractivity contribution in [2.45, 2.75) is 19.9 Å². The molecule has 2 rings (SSSR count). The maximum atomic E-state index is 12.3. The summed E-state index contributed by atoms with van der Waals surface area (Å²) >= 11 is 5.85. The van der Waals surface area contributed by atoms with Crippen molar-refractivity contribution in [3.63, 3.8) is 0 Å². The Bertz CT molecular complexity index is 717. The zero-order chi connectivity index (χ0) is 16.4. The van der Waals surface area contributed by atoms with Crippen LogP contribution in [-0.4, -0.2) is 21.6 Å². The summed E-state index contributed by atoms with van der Waals surface area (Å²) in [5.74, 6) is -1.60. The molecule has 5 nitrogen and oxygen atoms in total. The highest BCUT2D eigenvalue weighted by Gasteiger charge is 2.24. The molecule has 1 aromatic heterocycles. The highest BCUT2D eigenvalue weighted by Crippen LogP contribution is 2.19. The summed E-state index contributed by atoms with van der Waals surface area (Å²) in [4.78, 5) is 23.8. The number of carbonyl (C=O) groups excluding carboxylic acids is 1. The van der Waals surface area contributed by atoms with Gasteiger partial charge in [0.05, 0.1) is 5.02 Å². The quantitative estimate of drug-likeness (QED) is 0.910. The first kappa shape index (κ1) is 16.1. The van der Waals surface area contributed by atoms with E-state index < -0.39 is 17.9 Å². The van der Waals surface area contributed by atoms with Gasteiger partial charge in [-0.25, -0.2) is 4.79 Å². The maximum absolute atomic E-state index is 12.3. The molecule has 1 heterocycles. The van der Waals surface area contributed by atoms with Gasteiger partial charge >= 0.3 is 5.97 Å². The number of hydrogen-bond acceptors (Lipinski definition) is 2. The number of hydrogen-bond donors (Lipinski definition) is 2. The number of rotatable bonds is 4. The number of benzene rings is 1. The van der Waals surface area contributed by atoms with E-state index in [9.17, 15) is 14.7 Å². The number of carbonyl (C=O) groups is 2. The van der Waals surface area contributed by atoms with Gasteiger partial charge in [-0.05, 0) is 25.5 Å². The monoisotopic (exact) mass is 320 g/mol. The Balaban J connectivity index is 2.31. The first-order valence-corrected chi connectivity index (χ1v) is 7.09. The van der Waals surface area contributed by atoms with Crippen molar-refractivity contribution in [1.82, 2.24) is 9.88 Å².